The summed E-state index contributed by atoms with van der Waals surface area (Å²) in [6.45, 7) is 3.70. The lowest BCUT2D eigenvalue weighted by atomic mass is 9.78. The summed E-state index contributed by atoms with van der Waals surface area (Å²) < 4.78 is 1.91. The molecule has 1 aliphatic carbocycles. The van der Waals surface area contributed by atoms with E-state index in [-0.39, 0.29) is 5.54 Å². The molecule has 1 aromatic rings. The Labute approximate surface area is 95.0 Å². The van der Waals surface area contributed by atoms with Gasteiger partial charge in [0.1, 0.15) is 12.2 Å². The Balaban J connectivity index is 1.92. The van der Waals surface area contributed by atoms with Gasteiger partial charge in [0.25, 0.3) is 0 Å². The van der Waals surface area contributed by atoms with Crippen molar-refractivity contribution >= 4 is 11.6 Å². The Morgan fingerprint density at radius 2 is 2.40 bits per heavy atom. The minimum atomic E-state index is 0.159. The molecule has 2 rings (SSSR count). The van der Waals surface area contributed by atoms with Crippen molar-refractivity contribution in [3.8, 4) is 0 Å². The molecule has 0 atom stereocenters. The highest BCUT2D eigenvalue weighted by Crippen LogP contribution is 2.32. The van der Waals surface area contributed by atoms with Crippen molar-refractivity contribution in [2.45, 2.75) is 44.8 Å². The van der Waals surface area contributed by atoms with Crippen LogP contribution in [0.5, 0.6) is 0 Å². The molecule has 0 spiro atoms. The summed E-state index contributed by atoms with van der Waals surface area (Å²) in [6, 6.07) is 0. The van der Waals surface area contributed by atoms with Crippen LogP contribution in [0.1, 0.15) is 32.0 Å². The zero-order valence-corrected chi connectivity index (χ0v) is 9.80. The highest BCUT2D eigenvalue weighted by Gasteiger charge is 2.35. The predicted molar refractivity (Wildman–Crippen MR) is 59.8 cm³/mol. The highest BCUT2D eigenvalue weighted by atomic mass is 35.5. The molecule has 0 amide bonds. The third-order valence-electron chi connectivity index (χ3n) is 3.18. The number of hydrogen-bond donors (Lipinski definition) is 1. The minimum absolute atomic E-state index is 0.159. The van der Waals surface area contributed by atoms with Crippen molar-refractivity contribution in [1.29, 1.82) is 0 Å². The summed E-state index contributed by atoms with van der Waals surface area (Å²) in [4.78, 5) is 4.23. The first-order chi connectivity index (χ1) is 7.29. The minimum Gasteiger partial charge on any atom is -0.303 e. The first-order valence-corrected chi connectivity index (χ1v) is 6.01. The summed E-state index contributed by atoms with van der Waals surface area (Å²) in [6.07, 6.45) is 5.24. The monoisotopic (exact) mass is 228 g/mol. The molecule has 84 valence electrons. The fraction of sp³-hybridized carbons (Fsp3) is 0.800. The average molecular weight is 229 g/mol. The lowest BCUT2D eigenvalue weighted by Gasteiger charge is -2.41. The Kier molecular flexibility index (Phi) is 3.26. The number of hydrogen-bond acceptors (Lipinski definition) is 3. The van der Waals surface area contributed by atoms with Crippen LogP contribution in [-0.4, -0.2) is 26.2 Å². The van der Waals surface area contributed by atoms with Crippen LogP contribution in [-0.2, 0) is 13.1 Å². The number of nitrogens with zero attached hydrogens (tertiary/aromatic N) is 3. The molecule has 0 aromatic carbocycles. The van der Waals surface area contributed by atoms with Gasteiger partial charge in [0.05, 0.1) is 6.54 Å². The molecule has 1 saturated carbocycles. The third-order valence-corrected chi connectivity index (χ3v) is 3.69. The van der Waals surface area contributed by atoms with Gasteiger partial charge in [-0.3, -0.25) is 0 Å². The Bertz CT molecular complexity index is 313. The number of rotatable bonds is 5. The second-order valence-corrected chi connectivity index (χ2v) is 4.38. The molecule has 0 saturated heterocycles. The Morgan fingerprint density at radius 3 is 2.93 bits per heavy atom. The van der Waals surface area contributed by atoms with Crippen molar-refractivity contribution < 1.29 is 0 Å². The van der Waals surface area contributed by atoms with E-state index in [4.69, 9.17) is 11.6 Å². The van der Waals surface area contributed by atoms with E-state index in [1.807, 2.05) is 4.68 Å². The van der Waals surface area contributed by atoms with Gasteiger partial charge in [-0.25, -0.2) is 9.67 Å². The van der Waals surface area contributed by atoms with Gasteiger partial charge in [0, 0.05) is 18.0 Å². The van der Waals surface area contributed by atoms with Crippen LogP contribution >= 0.6 is 11.6 Å². The van der Waals surface area contributed by atoms with E-state index >= 15 is 0 Å². The SMILES string of the molecule is CCn1ncnc1CNC1(CCl)CCC1. The summed E-state index contributed by atoms with van der Waals surface area (Å²) >= 11 is 5.97. The molecule has 15 heavy (non-hydrogen) atoms. The maximum absolute atomic E-state index is 5.97. The van der Waals surface area contributed by atoms with Crippen LogP contribution < -0.4 is 5.32 Å². The van der Waals surface area contributed by atoms with Gasteiger partial charge in [-0.05, 0) is 26.2 Å². The van der Waals surface area contributed by atoms with Gasteiger partial charge < -0.3 is 5.32 Å². The molecule has 0 radical (unpaired) electrons. The van der Waals surface area contributed by atoms with E-state index in [2.05, 4.69) is 22.3 Å². The van der Waals surface area contributed by atoms with Crippen molar-refractivity contribution in [2.24, 2.45) is 0 Å². The molecule has 5 heteroatoms. The molecule has 1 aliphatic rings. The van der Waals surface area contributed by atoms with E-state index < -0.39 is 0 Å². The first kappa shape index (κ1) is 10.9. The second kappa shape index (κ2) is 4.49. The summed E-state index contributed by atoms with van der Waals surface area (Å²) in [5.41, 5.74) is 0.159. The molecular formula is C10H17ClN4. The van der Waals surface area contributed by atoms with Gasteiger partial charge >= 0.3 is 0 Å². The lowest BCUT2D eigenvalue weighted by Crippen LogP contribution is -2.52. The van der Waals surface area contributed by atoms with Crippen LogP contribution in [0.25, 0.3) is 0 Å². The van der Waals surface area contributed by atoms with Gasteiger partial charge in [-0.15, -0.1) is 11.6 Å². The molecule has 1 heterocycles. The zero-order chi connectivity index (χ0) is 10.7. The zero-order valence-electron chi connectivity index (χ0n) is 9.04. The molecule has 4 nitrogen and oxygen atoms in total. The topological polar surface area (TPSA) is 42.7 Å². The second-order valence-electron chi connectivity index (χ2n) is 4.11. The smallest absolute Gasteiger partial charge is 0.140 e. The van der Waals surface area contributed by atoms with Crippen molar-refractivity contribution in [1.82, 2.24) is 20.1 Å². The van der Waals surface area contributed by atoms with Gasteiger partial charge in [0.15, 0.2) is 0 Å². The standard InChI is InChI=1S/C10H17ClN4/c1-2-15-9(12-8-14-15)6-13-10(7-11)4-3-5-10/h8,13H,2-7H2,1H3. The summed E-state index contributed by atoms with van der Waals surface area (Å²) in [5, 5.41) is 7.64. The number of halogens is 1. The molecule has 1 N–H and O–H groups in total. The van der Waals surface area contributed by atoms with E-state index in [0.717, 1.165) is 18.9 Å². The molecule has 0 unspecified atom stereocenters. The number of nitrogens with one attached hydrogen (secondary N) is 1. The largest absolute Gasteiger partial charge is 0.303 e. The van der Waals surface area contributed by atoms with E-state index in [9.17, 15) is 0 Å². The molecule has 0 aliphatic heterocycles. The van der Waals surface area contributed by atoms with Crippen LogP contribution in [0.15, 0.2) is 6.33 Å². The maximum Gasteiger partial charge on any atom is 0.140 e. The van der Waals surface area contributed by atoms with E-state index in [1.165, 1.54) is 19.3 Å². The Hall–Kier alpha value is -0.610. The highest BCUT2D eigenvalue weighted by molar-refractivity contribution is 6.18. The molecular weight excluding hydrogens is 212 g/mol. The summed E-state index contributed by atoms with van der Waals surface area (Å²) in [7, 11) is 0. The average Bonchev–Trinajstić information content (AvgIpc) is 2.64. The number of aromatic nitrogens is 3. The van der Waals surface area contributed by atoms with Crippen molar-refractivity contribution in [2.75, 3.05) is 5.88 Å². The summed E-state index contributed by atoms with van der Waals surface area (Å²) in [5.74, 6) is 1.68. The normalized spacial score (nSPS) is 18.8. The van der Waals surface area contributed by atoms with E-state index in [1.54, 1.807) is 6.33 Å². The quantitative estimate of drug-likeness (QED) is 0.778. The van der Waals surface area contributed by atoms with Crippen molar-refractivity contribution in [3.05, 3.63) is 12.2 Å². The van der Waals surface area contributed by atoms with E-state index in [0.29, 0.717) is 5.88 Å². The Morgan fingerprint density at radius 1 is 1.60 bits per heavy atom. The van der Waals surface area contributed by atoms with Crippen LogP contribution in [0.3, 0.4) is 0 Å². The van der Waals surface area contributed by atoms with Gasteiger partial charge in [-0.2, -0.15) is 5.10 Å². The first-order valence-electron chi connectivity index (χ1n) is 5.47. The van der Waals surface area contributed by atoms with Crippen molar-refractivity contribution in [3.63, 3.8) is 0 Å². The third kappa shape index (κ3) is 2.16. The van der Waals surface area contributed by atoms with Gasteiger partial charge in [-0.1, -0.05) is 0 Å². The predicted octanol–water partition coefficient (Wildman–Crippen LogP) is 1.55. The molecule has 1 fully saturated rings. The molecule has 1 aromatic heterocycles. The fourth-order valence-corrected chi connectivity index (χ4v) is 2.28. The van der Waals surface area contributed by atoms with Gasteiger partial charge in [0.2, 0.25) is 0 Å². The maximum atomic E-state index is 5.97. The van der Waals surface area contributed by atoms with Crippen LogP contribution in [0, 0.1) is 0 Å². The molecule has 0 bridgehead atoms. The fourth-order valence-electron chi connectivity index (χ4n) is 1.92. The van der Waals surface area contributed by atoms with Crippen LogP contribution in [0.4, 0.5) is 0 Å². The lowest BCUT2D eigenvalue weighted by molar-refractivity contribution is 0.208. The van der Waals surface area contributed by atoms with Crippen LogP contribution in [0.2, 0.25) is 0 Å². The number of alkyl halides is 1. The number of aryl methyl sites for hydroxylation is 1.